The van der Waals surface area contributed by atoms with Crippen molar-refractivity contribution < 1.29 is 28.3 Å². The summed E-state index contributed by atoms with van der Waals surface area (Å²) in [4.78, 5) is 18.0. The van der Waals surface area contributed by atoms with Gasteiger partial charge in [-0.05, 0) is 72.3 Å². The number of nitrogens with zero attached hydrogens (tertiary/aromatic N) is 1. The Bertz CT molecular complexity index is 1990. The van der Waals surface area contributed by atoms with Gasteiger partial charge in [-0.3, -0.25) is 4.98 Å². The number of carbonyl (C=O) groups excluding carboxylic acids is 1. The van der Waals surface area contributed by atoms with Crippen LogP contribution in [0.4, 0.5) is 16.2 Å². The molecule has 0 saturated carbocycles. The van der Waals surface area contributed by atoms with Gasteiger partial charge in [-0.15, -0.1) is 0 Å². The third-order valence-corrected chi connectivity index (χ3v) is 9.40. The number of anilines is 2. The summed E-state index contributed by atoms with van der Waals surface area (Å²) in [5.41, 5.74) is 3.55. The van der Waals surface area contributed by atoms with Crippen molar-refractivity contribution in [2.75, 3.05) is 45.3 Å². The Labute approximate surface area is 282 Å². The second-order valence-electron chi connectivity index (χ2n) is 12.9. The molecule has 4 aromatic carbocycles. The van der Waals surface area contributed by atoms with E-state index in [1.807, 2.05) is 78.9 Å². The van der Waals surface area contributed by atoms with Crippen LogP contribution in [0.2, 0.25) is 0 Å². The fraction of sp³-hybridized carbons (Fsp3) is 0.263. The second-order valence-corrected chi connectivity index (χ2v) is 16.1. The van der Waals surface area contributed by atoms with E-state index in [9.17, 15) is 9.36 Å². The molecule has 48 heavy (non-hydrogen) atoms. The van der Waals surface area contributed by atoms with Crippen LogP contribution in [0, 0.1) is 0 Å². The van der Waals surface area contributed by atoms with E-state index in [-0.39, 0.29) is 5.41 Å². The lowest BCUT2D eigenvalue weighted by atomic mass is 9.86. The third kappa shape index (κ3) is 7.92. The SMILES string of the molecule is COc1cc(Cc2cc(Oc3ccc(NC(=O)Nc4cc(C(C)(C)C)cc(P(C)(C)=O)c4OC)c4ccccc34)ccn2)cc(OC)c1. The van der Waals surface area contributed by atoms with Crippen molar-refractivity contribution in [1.29, 1.82) is 0 Å². The molecular weight excluding hydrogens is 625 g/mol. The summed E-state index contributed by atoms with van der Waals surface area (Å²) in [6.07, 6.45) is 2.28. The summed E-state index contributed by atoms with van der Waals surface area (Å²) in [6.45, 7) is 9.60. The van der Waals surface area contributed by atoms with E-state index in [1.165, 1.54) is 7.11 Å². The molecule has 5 aromatic rings. The zero-order valence-electron chi connectivity index (χ0n) is 28.6. The highest BCUT2D eigenvalue weighted by atomic mass is 31.2. The van der Waals surface area contributed by atoms with Gasteiger partial charge in [0, 0.05) is 41.2 Å². The molecule has 0 bridgehead atoms. The zero-order valence-corrected chi connectivity index (χ0v) is 29.5. The number of nitrogens with one attached hydrogen (secondary N) is 2. The van der Waals surface area contributed by atoms with E-state index in [4.69, 9.17) is 18.9 Å². The predicted octanol–water partition coefficient (Wildman–Crippen LogP) is 8.83. The number of benzene rings is 4. The Balaban J connectivity index is 1.40. The van der Waals surface area contributed by atoms with Crippen LogP contribution in [-0.4, -0.2) is 45.7 Å². The molecule has 0 aliphatic carbocycles. The number of aromatic nitrogens is 1. The van der Waals surface area contributed by atoms with Crippen LogP contribution in [-0.2, 0) is 16.4 Å². The van der Waals surface area contributed by atoms with E-state index >= 15 is 0 Å². The lowest BCUT2D eigenvalue weighted by Crippen LogP contribution is -2.23. The minimum Gasteiger partial charge on any atom is -0.497 e. The molecule has 1 aromatic heterocycles. The van der Waals surface area contributed by atoms with Gasteiger partial charge in [0.2, 0.25) is 0 Å². The minimum absolute atomic E-state index is 0.243. The lowest BCUT2D eigenvalue weighted by Gasteiger charge is -2.25. The highest BCUT2D eigenvalue weighted by Gasteiger charge is 2.26. The Morgan fingerprint density at radius 3 is 2.06 bits per heavy atom. The van der Waals surface area contributed by atoms with Gasteiger partial charge in [0.15, 0.2) is 5.75 Å². The number of methoxy groups -OCH3 is 3. The fourth-order valence-electron chi connectivity index (χ4n) is 5.42. The molecule has 0 spiro atoms. The van der Waals surface area contributed by atoms with Gasteiger partial charge in [-0.1, -0.05) is 45.0 Å². The maximum Gasteiger partial charge on any atom is 0.323 e. The van der Waals surface area contributed by atoms with Crippen LogP contribution < -0.4 is 34.9 Å². The van der Waals surface area contributed by atoms with Gasteiger partial charge in [-0.2, -0.15) is 0 Å². The van der Waals surface area contributed by atoms with Gasteiger partial charge >= 0.3 is 6.03 Å². The summed E-state index contributed by atoms with van der Waals surface area (Å²) in [7, 11) is 2.04. The van der Waals surface area contributed by atoms with Crippen molar-refractivity contribution in [2.45, 2.75) is 32.6 Å². The van der Waals surface area contributed by atoms with Crippen LogP contribution in [0.5, 0.6) is 28.7 Å². The summed E-state index contributed by atoms with van der Waals surface area (Å²) in [5.74, 6) is 3.07. The Morgan fingerprint density at radius 2 is 1.44 bits per heavy atom. The van der Waals surface area contributed by atoms with Crippen LogP contribution in [0.1, 0.15) is 37.6 Å². The average Bonchev–Trinajstić information content (AvgIpc) is 3.04. The Kier molecular flexibility index (Phi) is 10.0. The van der Waals surface area contributed by atoms with Gasteiger partial charge in [0.05, 0.1) is 38.0 Å². The predicted molar refractivity (Wildman–Crippen MR) is 194 cm³/mol. The van der Waals surface area contributed by atoms with Gasteiger partial charge < -0.3 is 34.1 Å². The number of hydrogen-bond donors (Lipinski definition) is 2. The molecule has 0 radical (unpaired) electrons. The molecule has 250 valence electrons. The van der Waals surface area contributed by atoms with Crippen molar-refractivity contribution in [3.05, 3.63) is 102 Å². The van der Waals surface area contributed by atoms with Crippen LogP contribution in [0.25, 0.3) is 10.8 Å². The zero-order chi connectivity index (χ0) is 34.6. The highest BCUT2D eigenvalue weighted by Crippen LogP contribution is 2.43. The largest absolute Gasteiger partial charge is 0.497 e. The topological polar surface area (TPSA) is 108 Å². The number of fused-ring (bicyclic) bond motifs is 1. The quantitative estimate of drug-likeness (QED) is 0.143. The molecule has 5 rings (SSSR count). The molecular formula is C38H42N3O6P. The van der Waals surface area contributed by atoms with E-state index in [0.29, 0.717) is 51.8 Å². The lowest BCUT2D eigenvalue weighted by molar-refractivity contribution is 0.262. The summed E-state index contributed by atoms with van der Waals surface area (Å²) >= 11 is 0. The Hall–Kier alpha value is -5.01. The minimum atomic E-state index is -2.73. The fourth-order valence-corrected chi connectivity index (χ4v) is 6.57. The maximum absolute atomic E-state index is 13.5. The van der Waals surface area contributed by atoms with Gasteiger partial charge in [-0.25, -0.2) is 4.79 Å². The van der Waals surface area contributed by atoms with Crippen molar-refractivity contribution >= 4 is 40.6 Å². The van der Waals surface area contributed by atoms with Crippen LogP contribution >= 0.6 is 7.14 Å². The molecule has 0 fully saturated rings. The summed E-state index contributed by atoms with van der Waals surface area (Å²) < 4.78 is 36.1. The normalized spacial score (nSPS) is 11.6. The molecule has 0 unspecified atom stereocenters. The van der Waals surface area contributed by atoms with Crippen LogP contribution in [0.3, 0.4) is 0 Å². The van der Waals surface area contributed by atoms with E-state index in [1.54, 1.807) is 33.7 Å². The molecule has 0 aliphatic heterocycles. The van der Waals surface area contributed by atoms with E-state index < -0.39 is 13.2 Å². The molecule has 10 heteroatoms. The van der Waals surface area contributed by atoms with Crippen molar-refractivity contribution in [2.24, 2.45) is 0 Å². The number of pyridine rings is 1. The summed E-state index contributed by atoms with van der Waals surface area (Å²) in [6, 6.07) is 24.1. The maximum atomic E-state index is 13.5. The molecule has 2 amide bonds. The Morgan fingerprint density at radius 1 is 0.771 bits per heavy atom. The van der Waals surface area contributed by atoms with Gasteiger partial charge in [0.1, 0.15) is 30.1 Å². The first-order chi connectivity index (χ1) is 22.8. The summed E-state index contributed by atoms with van der Waals surface area (Å²) in [5, 5.41) is 8.13. The van der Waals surface area contributed by atoms with Crippen molar-refractivity contribution in [3.63, 3.8) is 0 Å². The second kappa shape index (κ2) is 14.0. The molecule has 0 saturated heterocycles. The van der Waals surface area contributed by atoms with Crippen molar-refractivity contribution in [1.82, 2.24) is 4.98 Å². The number of ether oxygens (including phenoxy) is 4. The smallest absolute Gasteiger partial charge is 0.323 e. The van der Waals surface area contributed by atoms with Gasteiger partial charge in [0.25, 0.3) is 0 Å². The molecule has 0 atom stereocenters. The third-order valence-electron chi connectivity index (χ3n) is 7.91. The molecule has 1 heterocycles. The molecule has 0 aliphatic rings. The first-order valence-electron chi connectivity index (χ1n) is 15.5. The number of hydrogen-bond acceptors (Lipinski definition) is 7. The van der Waals surface area contributed by atoms with Crippen LogP contribution in [0.15, 0.2) is 85.1 Å². The molecule has 9 nitrogen and oxygen atoms in total. The number of rotatable bonds is 10. The van der Waals surface area contributed by atoms with E-state index in [2.05, 4.69) is 36.4 Å². The standard InChI is InChI=1S/C38H42N3O6P/c1-38(2,3)25-20-33(36(46-6)35(21-25)48(7,8)43)41-37(42)40-32-13-14-34(31-12-10-9-11-30(31)32)47-27-15-16-39-26(22-27)17-24-18-28(44-4)23-29(19-24)45-5/h9-16,18-23H,17H2,1-8H3,(H2,40,41,42). The number of urea groups is 1. The average molecular weight is 668 g/mol. The van der Waals surface area contributed by atoms with E-state index in [0.717, 1.165) is 27.6 Å². The first kappa shape index (κ1) is 34.3. The highest BCUT2D eigenvalue weighted by molar-refractivity contribution is 7.70. The first-order valence-corrected chi connectivity index (χ1v) is 18.1. The van der Waals surface area contributed by atoms with Crippen molar-refractivity contribution in [3.8, 4) is 28.7 Å². The monoisotopic (exact) mass is 667 g/mol. The molecule has 2 N–H and O–H groups in total. The number of carbonyl (C=O) groups is 1. The number of amides is 2.